The number of nitrogens with zero attached hydrogens (tertiary/aromatic N) is 2. The average molecular weight is 827 g/mol. The van der Waals surface area contributed by atoms with Gasteiger partial charge in [0.05, 0.1) is 19.6 Å². The zero-order chi connectivity index (χ0) is 38.1. The fraction of sp³-hybridized carbons (Fsp3) is 0.375. The summed E-state index contributed by atoms with van der Waals surface area (Å²) in [4.78, 5) is 58.4. The summed E-state index contributed by atoms with van der Waals surface area (Å²) < 4.78 is 50.0. The van der Waals surface area contributed by atoms with Crippen LogP contribution in [0.4, 0.5) is 0 Å². The minimum absolute atomic E-state index is 0.0320. The lowest BCUT2D eigenvalue weighted by Gasteiger charge is -2.14. The van der Waals surface area contributed by atoms with E-state index >= 15 is 0 Å². The van der Waals surface area contributed by atoms with Crippen molar-refractivity contribution in [3.05, 3.63) is 69.5 Å². The van der Waals surface area contributed by atoms with Gasteiger partial charge in [0.2, 0.25) is 11.8 Å². The third kappa shape index (κ3) is 11.4. The van der Waals surface area contributed by atoms with E-state index in [-0.39, 0.29) is 57.3 Å². The highest BCUT2D eigenvalue weighted by molar-refractivity contribution is 8.29. The number of rotatable bonds is 18. The Labute approximate surface area is 322 Å². The first-order valence-corrected chi connectivity index (χ1v) is 21.6. The molecule has 2 aliphatic heterocycles. The number of hydrazine groups is 2. The van der Waals surface area contributed by atoms with Crippen molar-refractivity contribution in [3.8, 4) is 0 Å². The van der Waals surface area contributed by atoms with Gasteiger partial charge in [0, 0.05) is 25.9 Å². The monoisotopic (exact) mass is 826 g/mol. The summed E-state index contributed by atoms with van der Waals surface area (Å²) in [7, 11) is -7.78. The fourth-order valence-corrected chi connectivity index (χ4v) is 9.34. The maximum Gasteiger partial charge on any atom is 0.267 e. The van der Waals surface area contributed by atoms with Gasteiger partial charge in [-0.3, -0.25) is 39.8 Å². The van der Waals surface area contributed by atoms with Crippen LogP contribution in [0.15, 0.2) is 68.1 Å². The highest BCUT2D eigenvalue weighted by Crippen LogP contribution is 2.42. The van der Waals surface area contributed by atoms with Gasteiger partial charge in [-0.15, -0.1) is 9.66 Å². The van der Waals surface area contributed by atoms with Gasteiger partial charge in [0.15, 0.2) is 0 Å². The van der Waals surface area contributed by atoms with Gasteiger partial charge in [-0.2, -0.15) is 0 Å². The van der Waals surface area contributed by atoms with Gasteiger partial charge in [-0.05, 0) is 63.8 Å². The van der Waals surface area contributed by atoms with Gasteiger partial charge in [-0.1, -0.05) is 96.2 Å². The molecule has 0 bridgehead atoms. The number of carbonyl (C=O) groups is 4. The molecule has 0 aromatic heterocycles. The van der Waals surface area contributed by atoms with Crippen LogP contribution in [0.5, 0.6) is 0 Å². The molecule has 4 rings (SSSR count). The van der Waals surface area contributed by atoms with E-state index < -0.39 is 31.9 Å². The largest absolute Gasteiger partial charge is 0.293 e. The first-order valence-electron chi connectivity index (χ1n) is 16.2. The predicted molar refractivity (Wildman–Crippen MR) is 207 cm³/mol. The zero-order valence-corrected chi connectivity index (χ0v) is 33.2. The van der Waals surface area contributed by atoms with E-state index in [0.717, 1.165) is 34.7 Å². The Hall–Kier alpha value is -3.24. The molecule has 0 spiro atoms. The number of hydrogen-bond donors (Lipinski definition) is 4. The summed E-state index contributed by atoms with van der Waals surface area (Å²) in [6, 6.07) is 12.4. The van der Waals surface area contributed by atoms with E-state index in [1.807, 2.05) is 13.8 Å². The molecule has 14 nitrogen and oxygen atoms in total. The Morgan fingerprint density at radius 3 is 1.29 bits per heavy atom. The third-order valence-electron chi connectivity index (χ3n) is 7.79. The van der Waals surface area contributed by atoms with Crippen molar-refractivity contribution in [2.24, 2.45) is 0 Å². The van der Waals surface area contributed by atoms with E-state index in [2.05, 4.69) is 20.5 Å². The minimum Gasteiger partial charge on any atom is -0.293 e. The first kappa shape index (κ1) is 41.5. The second-order valence-electron chi connectivity index (χ2n) is 11.9. The molecule has 2 heterocycles. The van der Waals surface area contributed by atoms with Crippen molar-refractivity contribution in [1.29, 1.82) is 0 Å². The predicted octanol–water partition coefficient (Wildman–Crippen LogP) is 3.68. The Kier molecular flexibility index (Phi) is 14.9. The van der Waals surface area contributed by atoms with Crippen LogP contribution < -0.4 is 20.5 Å². The van der Waals surface area contributed by atoms with Crippen LogP contribution in [-0.4, -0.2) is 72.0 Å². The van der Waals surface area contributed by atoms with Gasteiger partial charge >= 0.3 is 0 Å². The second-order valence-corrected chi connectivity index (χ2v) is 18.5. The van der Waals surface area contributed by atoms with Crippen LogP contribution in [0.25, 0.3) is 0 Å². The number of unbranched alkanes of at least 4 members (excludes halogenated alkanes) is 4. The van der Waals surface area contributed by atoms with E-state index in [1.54, 1.807) is 24.3 Å². The molecule has 20 heteroatoms. The van der Waals surface area contributed by atoms with Crippen molar-refractivity contribution in [1.82, 2.24) is 30.3 Å². The van der Waals surface area contributed by atoms with Gasteiger partial charge in [0.25, 0.3) is 31.9 Å². The maximum atomic E-state index is 13.2. The standard InChI is InChI=1S/C32H38N6O8S6/c1-21-11-15-23(16-12-21)51(43,44)35-33-25(39)9-5-3-7-19-37-29(41)27(49-31(37)47)28-30(42)38(32(48)50-28)20-8-4-6-10-26(40)34-36-52(45,46)24-17-13-22(2)14-18-24/h11-18,35-36H,3-10,19-20H2,1-2H3,(H,33,39)(H,34,40)/b28-27+. The van der Waals surface area contributed by atoms with Crippen LogP contribution in [0.1, 0.15) is 62.5 Å². The third-order valence-corrected chi connectivity index (χ3v) is 13.3. The van der Waals surface area contributed by atoms with Gasteiger partial charge in [-0.25, -0.2) is 16.8 Å². The molecule has 0 saturated carbocycles. The number of nitrogens with one attached hydrogen (secondary N) is 4. The number of thioether (sulfide) groups is 2. The summed E-state index contributed by atoms with van der Waals surface area (Å²) in [5.41, 5.74) is 6.23. The zero-order valence-electron chi connectivity index (χ0n) is 28.3. The molecule has 2 aromatic carbocycles. The molecule has 52 heavy (non-hydrogen) atoms. The Morgan fingerprint density at radius 1 is 0.596 bits per heavy atom. The Morgan fingerprint density at radius 2 is 0.942 bits per heavy atom. The summed E-state index contributed by atoms with van der Waals surface area (Å²) in [5, 5.41) is 0. The fourth-order valence-electron chi connectivity index (χ4n) is 4.85. The molecule has 2 aromatic rings. The van der Waals surface area contributed by atoms with E-state index in [9.17, 15) is 36.0 Å². The molecule has 0 radical (unpaired) electrons. The highest BCUT2D eigenvalue weighted by atomic mass is 32.2. The number of carbonyl (C=O) groups excluding carboxylic acids is 4. The molecular weight excluding hydrogens is 789 g/mol. The van der Waals surface area contributed by atoms with Crippen LogP contribution in [0, 0.1) is 13.8 Å². The SMILES string of the molecule is Cc1ccc(S(=O)(=O)NNC(=O)CCCCCN2C(=O)/C(=C3\SC(=S)N(CCCCCC(=O)NNS(=O)(=O)c4ccc(C)cc4)C3=O)SC2=S)cc1. The van der Waals surface area contributed by atoms with Crippen molar-refractivity contribution in [3.63, 3.8) is 0 Å². The Balaban J connectivity index is 1.14. The van der Waals surface area contributed by atoms with Crippen molar-refractivity contribution in [2.75, 3.05) is 13.1 Å². The van der Waals surface area contributed by atoms with Gasteiger partial charge in [0.1, 0.15) is 8.64 Å². The summed E-state index contributed by atoms with van der Waals surface area (Å²) >= 11 is 12.9. The normalized spacial score (nSPS) is 16.6. The van der Waals surface area contributed by atoms with Crippen molar-refractivity contribution < 1.29 is 36.0 Å². The molecule has 0 atom stereocenters. The smallest absolute Gasteiger partial charge is 0.267 e. The maximum absolute atomic E-state index is 13.2. The van der Waals surface area contributed by atoms with Crippen LogP contribution in [-0.2, 0) is 39.2 Å². The van der Waals surface area contributed by atoms with Crippen molar-refractivity contribution >= 4 is 100 Å². The highest BCUT2D eigenvalue weighted by Gasteiger charge is 2.41. The minimum atomic E-state index is -3.89. The molecule has 0 aliphatic carbocycles. The van der Waals surface area contributed by atoms with E-state index in [1.165, 1.54) is 34.1 Å². The number of sulfonamides is 2. The molecule has 4 amide bonds. The molecular formula is C32H38N6O8S6. The van der Waals surface area contributed by atoms with Crippen molar-refractivity contribution in [2.45, 2.75) is 75.0 Å². The summed E-state index contributed by atoms with van der Waals surface area (Å²) in [6.45, 7) is 4.24. The molecule has 2 aliphatic rings. The molecule has 280 valence electrons. The summed E-state index contributed by atoms with van der Waals surface area (Å²) in [6.07, 6.45) is 3.22. The molecule has 0 unspecified atom stereocenters. The number of amides is 4. The number of hydrogen-bond acceptors (Lipinski definition) is 12. The van der Waals surface area contributed by atoms with E-state index in [4.69, 9.17) is 24.4 Å². The second kappa shape index (κ2) is 18.7. The van der Waals surface area contributed by atoms with Gasteiger partial charge < -0.3 is 0 Å². The van der Waals surface area contributed by atoms with Crippen LogP contribution >= 0.6 is 48.0 Å². The van der Waals surface area contributed by atoms with Crippen LogP contribution in [0.3, 0.4) is 0 Å². The number of aryl methyl sites for hydroxylation is 2. The molecule has 2 saturated heterocycles. The topological polar surface area (TPSA) is 191 Å². The molecule has 2 fully saturated rings. The quantitative estimate of drug-likeness (QED) is 0.0740. The summed E-state index contributed by atoms with van der Waals surface area (Å²) in [5.74, 6) is -1.76. The first-order chi connectivity index (χ1) is 24.6. The van der Waals surface area contributed by atoms with Crippen LogP contribution in [0.2, 0.25) is 0 Å². The average Bonchev–Trinajstić information content (AvgIpc) is 3.54. The number of thiocarbonyl (C=S) groups is 2. The lowest BCUT2D eigenvalue weighted by molar-refractivity contribution is -0.124. The number of benzene rings is 2. The molecule has 4 N–H and O–H groups in total. The van der Waals surface area contributed by atoms with E-state index in [0.29, 0.717) is 47.2 Å². The lowest BCUT2D eigenvalue weighted by atomic mass is 10.2. The lowest BCUT2D eigenvalue weighted by Crippen LogP contribution is -2.41. The Bertz CT molecular complexity index is 1830.